The minimum atomic E-state index is -1.88. The maximum Gasteiger partial charge on any atom is 0.341 e. The summed E-state index contributed by atoms with van der Waals surface area (Å²) in [7, 11) is 1.17. The number of cyclic esters (lactones) is 1. The van der Waals surface area contributed by atoms with Gasteiger partial charge in [0, 0.05) is 0 Å². The van der Waals surface area contributed by atoms with E-state index in [9.17, 15) is 19.2 Å². The minimum Gasteiger partial charge on any atom is -0.468 e. The summed E-state index contributed by atoms with van der Waals surface area (Å²) >= 11 is 0. The zero-order chi connectivity index (χ0) is 17.7. The summed E-state index contributed by atoms with van der Waals surface area (Å²) in [5.74, 6) is -2.34. The zero-order valence-corrected chi connectivity index (χ0v) is 13.4. The molecule has 1 N–H and O–H groups in total. The molecule has 0 saturated carbocycles. The molecule has 2 rings (SSSR count). The Hall–Kier alpha value is -2.90. The quantitative estimate of drug-likeness (QED) is 0.454. The van der Waals surface area contributed by atoms with Gasteiger partial charge in [0.1, 0.15) is 13.2 Å². The van der Waals surface area contributed by atoms with E-state index in [-0.39, 0.29) is 6.61 Å². The Labute approximate surface area is 138 Å². The predicted molar refractivity (Wildman–Crippen MR) is 81.5 cm³/mol. The lowest BCUT2D eigenvalue weighted by Gasteiger charge is -2.44. The number of carbonyl (C=O) groups is 4. The van der Waals surface area contributed by atoms with E-state index >= 15 is 0 Å². The summed E-state index contributed by atoms with van der Waals surface area (Å²) in [4.78, 5) is 48.6. The van der Waals surface area contributed by atoms with Gasteiger partial charge in [-0.1, -0.05) is 30.3 Å². The van der Waals surface area contributed by atoms with E-state index in [2.05, 4.69) is 10.1 Å². The van der Waals surface area contributed by atoms with Crippen molar-refractivity contribution in [2.24, 2.45) is 0 Å². The van der Waals surface area contributed by atoms with Crippen molar-refractivity contribution in [1.29, 1.82) is 0 Å². The van der Waals surface area contributed by atoms with Crippen LogP contribution in [0.3, 0.4) is 0 Å². The highest BCUT2D eigenvalue weighted by Gasteiger charge is 2.54. The molecule has 0 radical (unpaired) electrons. The maximum atomic E-state index is 12.5. The first-order chi connectivity index (χ1) is 11.4. The molecule has 24 heavy (non-hydrogen) atoms. The molecule has 1 aliphatic rings. The van der Waals surface area contributed by atoms with Crippen LogP contribution in [0, 0.1) is 0 Å². The average molecular weight is 334 g/mol. The first kappa shape index (κ1) is 17.5. The molecule has 0 aromatic heterocycles. The fourth-order valence-corrected chi connectivity index (χ4v) is 2.51. The average Bonchev–Trinajstić information content (AvgIpc) is 2.61. The normalized spacial score (nSPS) is 23.2. The number of rotatable bonds is 5. The lowest BCUT2D eigenvalue weighted by molar-refractivity contribution is -0.180. The van der Waals surface area contributed by atoms with E-state index in [0.29, 0.717) is 6.41 Å². The van der Waals surface area contributed by atoms with E-state index in [4.69, 9.17) is 4.74 Å². The first-order valence-corrected chi connectivity index (χ1v) is 7.26. The number of hydrogen-bond acceptors (Lipinski definition) is 6. The summed E-state index contributed by atoms with van der Waals surface area (Å²) in [6.45, 7) is 0.813. The van der Waals surface area contributed by atoms with Crippen molar-refractivity contribution in [1.82, 2.24) is 10.2 Å². The standard InChI is InChI=1S/C16H18N2O6/c1-16(14(21)17-8-13(20)23-2)15(22)24-9-12(18(16)10-19)11-6-4-3-5-7-11/h3-7,10,12H,8-9H2,1-2H3,(H,17,21)/t12-,16+/m1/s1. The summed E-state index contributed by atoms with van der Waals surface area (Å²) in [5, 5.41) is 2.30. The Morgan fingerprint density at radius 2 is 2.08 bits per heavy atom. The van der Waals surface area contributed by atoms with Gasteiger partial charge in [0.2, 0.25) is 11.9 Å². The lowest BCUT2D eigenvalue weighted by atomic mass is 9.92. The number of methoxy groups -OCH3 is 1. The van der Waals surface area contributed by atoms with Crippen LogP contribution >= 0.6 is 0 Å². The molecule has 1 fully saturated rings. The van der Waals surface area contributed by atoms with Gasteiger partial charge in [-0.05, 0) is 12.5 Å². The van der Waals surface area contributed by atoms with E-state index < -0.39 is 36.0 Å². The number of nitrogens with zero attached hydrogens (tertiary/aromatic N) is 1. The van der Waals surface area contributed by atoms with Crippen LogP contribution in [0.15, 0.2) is 30.3 Å². The Balaban J connectivity index is 2.30. The number of carbonyl (C=O) groups excluding carboxylic acids is 4. The Morgan fingerprint density at radius 1 is 1.42 bits per heavy atom. The van der Waals surface area contributed by atoms with Crippen LogP contribution in [-0.2, 0) is 28.7 Å². The number of nitrogens with one attached hydrogen (secondary N) is 1. The minimum absolute atomic E-state index is 0.0541. The van der Waals surface area contributed by atoms with Crippen molar-refractivity contribution in [3.63, 3.8) is 0 Å². The van der Waals surface area contributed by atoms with Crippen molar-refractivity contribution in [2.75, 3.05) is 20.3 Å². The largest absolute Gasteiger partial charge is 0.468 e. The molecule has 1 aromatic rings. The fraction of sp³-hybridized carbons (Fsp3) is 0.375. The van der Waals surface area contributed by atoms with Crippen LogP contribution in [0.2, 0.25) is 0 Å². The molecule has 1 aromatic carbocycles. The number of amides is 2. The molecule has 0 spiro atoms. The van der Waals surface area contributed by atoms with E-state index in [1.807, 2.05) is 6.07 Å². The third-order valence-electron chi connectivity index (χ3n) is 3.98. The second-order valence-electron chi connectivity index (χ2n) is 5.37. The Kier molecular flexibility index (Phi) is 5.18. The van der Waals surface area contributed by atoms with E-state index in [1.54, 1.807) is 24.3 Å². The van der Waals surface area contributed by atoms with Crippen LogP contribution in [0.5, 0.6) is 0 Å². The summed E-state index contributed by atoms with van der Waals surface area (Å²) in [6.07, 6.45) is 0.440. The molecule has 2 amide bonds. The molecule has 1 saturated heterocycles. The number of esters is 2. The van der Waals surface area contributed by atoms with Gasteiger partial charge in [0.05, 0.1) is 13.2 Å². The van der Waals surface area contributed by atoms with Gasteiger partial charge < -0.3 is 19.7 Å². The SMILES string of the molecule is COC(=O)CNC(=O)[C@@]1(C)C(=O)OC[C@H](c2ccccc2)N1C=O. The molecule has 1 aliphatic heterocycles. The van der Waals surface area contributed by atoms with Crippen LogP contribution < -0.4 is 5.32 Å². The summed E-state index contributed by atoms with van der Waals surface area (Å²) in [5.41, 5.74) is -1.15. The highest BCUT2D eigenvalue weighted by atomic mass is 16.5. The van der Waals surface area contributed by atoms with Crippen LogP contribution in [0.4, 0.5) is 0 Å². The second-order valence-corrected chi connectivity index (χ2v) is 5.37. The number of morpholine rings is 1. The maximum absolute atomic E-state index is 12.5. The third kappa shape index (κ3) is 3.08. The van der Waals surface area contributed by atoms with Gasteiger partial charge >= 0.3 is 11.9 Å². The lowest BCUT2D eigenvalue weighted by Crippen LogP contribution is -2.66. The van der Waals surface area contributed by atoms with Crippen LogP contribution in [0.1, 0.15) is 18.5 Å². The highest BCUT2D eigenvalue weighted by molar-refractivity contribution is 6.09. The van der Waals surface area contributed by atoms with E-state index in [1.165, 1.54) is 14.0 Å². The fourth-order valence-electron chi connectivity index (χ4n) is 2.51. The molecule has 0 aliphatic carbocycles. The van der Waals surface area contributed by atoms with Crippen molar-refractivity contribution < 1.29 is 28.7 Å². The van der Waals surface area contributed by atoms with E-state index in [0.717, 1.165) is 10.5 Å². The Bertz CT molecular complexity index is 647. The van der Waals surface area contributed by atoms with Crippen molar-refractivity contribution in [3.8, 4) is 0 Å². The van der Waals surface area contributed by atoms with Gasteiger partial charge in [0.25, 0.3) is 5.91 Å². The van der Waals surface area contributed by atoms with Gasteiger partial charge in [-0.15, -0.1) is 0 Å². The van der Waals surface area contributed by atoms with Crippen LogP contribution in [0.25, 0.3) is 0 Å². The zero-order valence-electron chi connectivity index (χ0n) is 13.4. The summed E-state index contributed by atoms with van der Waals surface area (Å²) < 4.78 is 9.57. The molecule has 2 atom stereocenters. The smallest absolute Gasteiger partial charge is 0.341 e. The highest BCUT2D eigenvalue weighted by Crippen LogP contribution is 2.33. The Morgan fingerprint density at radius 3 is 2.67 bits per heavy atom. The van der Waals surface area contributed by atoms with Crippen molar-refractivity contribution >= 4 is 24.3 Å². The molecular formula is C16H18N2O6. The molecule has 8 nitrogen and oxygen atoms in total. The van der Waals surface area contributed by atoms with Gasteiger partial charge in [-0.3, -0.25) is 14.4 Å². The number of benzene rings is 1. The predicted octanol–water partition coefficient (Wildman–Crippen LogP) is -0.209. The van der Waals surface area contributed by atoms with Crippen LogP contribution in [-0.4, -0.2) is 55.0 Å². The topological polar surface area (TPSA) is 102 Å². The molecule has 128 valence electrons. The van der Waals surface area contributed by atoms with Gasteiger partial charge in [-0.25, -0.2) is 4.79 Å². The monoisotopic (exact) mass is 334 g/mol. The van der Waals surface area contributed by atoms with Crippen molar-refractivity contribution in [3.05, 3.63) is 35.9 Å². The molecule has 8 heteroatoms. The third-order valence-corrected chi connectivity index (χ3v) is 3.98. The second kappa shape index (κ2) is 7.12. The van der Waals surface area contributed by atoms with Gasteiger partial charge in [0.15, 0.2) is 0 Å². The van der Waals surface area contributed by atoms with Crippen molar-refractivity contribution in [2.45, 2.75) is 18.5 Å². The number of ether oxygens (including phenoxy) is 2. The summed E-state index contributed by atoms with van der Waals surface area (Å²) in [6, 6.07) is 8.31. The number of hydrogen-bond donors (Lipinski definition) is 1. The molecular weight excluding hydrogens is 316 g/mol. The molecule has 0 unspecified atom stereocenters. The first-order valence-electron chi connectivity index (χ1n) is 7.26. The molecule has 1 heterocycles. The molecule has 0 bridgehead atoms. The van der Waals surface area contributed by atoms with Gasteiger partial charge in [-0.2, -0.15) is 0 Å².